The molecule has 2 rings (SSSR count). The number of carbonyl (C=O) groups is 2. The van der Waals surface area contributed by atoms with E-state index >= 15 is 0 Å². The van der Waals surface area contributed by atoms with Crippen molar-refractivity contribution in [3.63, 3.8) is 0 Å². The van der Waals surface area contributed by atoms with Gasteiger partial charge in [-0.25, -0.2) is 9.18 Å². The van der Waals surface area contributed by atoms with Crippen molar-refractivity contribution in [2.45, 2.75) is 44.9 Å². The summed E-state index contributed by atoms with van der Waals surface area (Å²) in [6, 6.07) is 6.04. The van der Waals surface area contributed by atoms with Gasteiger partial charge in [-0.05, 0) is 33.8 Å². The Bertz CT molecular complexity index is 599. The fourth-order valence-electron chi connectivity index (χ4n) is 2.84. The quantitative estimate of drug-likeness (QED) is 0.869. The van der Waals surface area contributed by atoms with Crippen LogP contribution in [0.15, 0.2) is 24.3 Å². The molecule has 0 saturated carbocycles. The van der Waals surface area contributed by atoms with Crippen LogP contribution in [-0.2, 0) is 19.8 Å². The molecule has 1 amide bonds. The summed E-state index contributed by atoms with van der Waals surface area (Å²) < 4.78 is 25.2. The number of halogens is 1. The first-order valence-electron chi connectivity index (χ1n) is 7.53. The molecule has 1 N–H and O–H groups in total. The Morgan fingerprint density at radius 1 is 1.43 bits per heavy atom. The van der Waals surface area contributed by atoms with Crippen molar-refractivity contribution in [1.82, 2.24) is 5.32 Å². The van der Waals surface area contributed by atoms with Gasteiger partial charge in [0.05, 0.1) is 18.6 Å². The number of carbonyl (C=O) groups excluding carboxylic acids is 2. The monoisotopic (exact) mass is 323 g/mol. The van der Waals surface area contributed by atoms with Gasteiger partial charge in [0.1, 0.15) is 23.2 Å². The Morgan fingerprint density at radius 2 is 2.09 bits per heavy atom. The maximum absolute atomic E-state index is 14.3. The van der Waals surface area contributed by atoms with Crippen LogP contribution in [0.2, 0.25) is 0 Å². The highest BCUT2D eigenvalue weighted by atomic mass is 19.1. The molecule has 1 aromatic rings. The van der Waals surface area contributed by atoms with E-state index in [9.17, 15) is 14.0 Å². The second-order valence-corrected chi connectivity index (χ2v) is 6.76. The van der Waals surface area contributed by atoms with Crippen LogP contribution in [0.5, 0.6) is 0 Å². The minimum absolute atomic E-state index is 0.00223. The lowest BCUT2D eigenvalue weighted by atomic mass is 9.78. The Labute approximate surface area is 135 Å². The van der Waals surface area contributed by atoms with Gasteiger partial charge in [0.2, 0.25) is 0 Å². The minimum atomic E-state index is -1.28. The van der Waals surface area contributed by atoms with E-state index in [4.69, 9.17) is 9.47 Å². The highest BCUT2D eigenvalue weighted by Crippen LogP contribution is 2.39. The number of nitrogens with one attached hydrogen (secondary N) is 1. The first-order valence-corrected chi connectivity index (χ1v) is 7.53. The molecule has 1 aromatic carbocycles. The summed E-state index contributed by atoms with van der Waals surface area (Å²) >= 11 is 0. The Morgan fingerprint density at radius 3 is 2.65 bits per heavy atom. The lowest BCUT2D eigenvalue weighted by Crippen LogP contribution is -2.54. The van der Waals surface area contributed by atoms with E-state index in [1.165, 1.54) is 6.07 Å². The molecule has 6 heteroatoms. The highest BCUT2D eigenvalue weighted by Gasteiger charge is 2.52. The van der Waals surface area contributed by atoms with E-state index < -0.39 is 35.1 Å². The number of hydrogen-bond donors (Lipinski definition) is 1. The zero-order valence-electron chi connectivity index (χ0n) is 13.8. The molecule has 0 bridgehead atoms. The second kappa shape index (κ2) is 6.28. The van der Waals surface area contributed by atoms with Crippen molar-refractivity contribution in [3.05, 3.63) is 35.6 Å². The van der Waals surface area contributed by atoms with E-state index in [1.54, 1.807) is 45.9 Å². The molecule has 0 aromatic heterocycles. The molecule has 0 radical (unpaired) electrons. The van der Waals surface area contributed by atoms with Gasteiger partial charge in [0.25, 0.3) is 0 Å². The smallest absolute Gasteiger partial charge is 0.408 e. The van der Waals surface area contributed by atoms with Gasteiger partial charge in [-0.3, -0.25) is 0 Å². The van der Waals surface area contributed by atoms with Gasteiger partial charge >= 0.3 is 6.09 Å². The van der Waals surface area contributed by atoms with Crippen LogP contribution in [0.4, 0.5) is 9.18 Å². The first-order chi connectivity index (χ1) is 10.7. The van der Waals surface area contributed by atoms with E-state index in [0.717, 1.165) is 0 Å². The van der Waals surface area contributed by atoms with Crippen LogP contribution >= 0.6 is 0 Å². The predicted octanol–water partition coefficient (Wildman–Crippen LogP) is 2.78. The zero-order chi connectivity index (χ0) is 17.3. The van der Waals surface area contributed by atoms with Gasteiger partial charge in [0.15, 0.2) is 0 Å². The average molecular weight is 323 g/mol. The molecule has 1 aliphatic heterocycles. The molecule has 126 valence electrons. The Hall–Kier alpha value is -1.95. The zero-order valence-corrected chi connectivity index (χ0v) is 13.8. The second-order valence-electron chi connectivity index (χ2n) is 6.76. The Kier molecular flexibility index (Phi) is 4.75. The van der Waals surface area contributed by atoms with E-state index in [2.05, 4.69) is 5.32 Å². The fourth-order valence-corrected chi connectivity index (χ4v) is 2.84. The molecule has 0 spiro atoms. The van der Waals surface area contributed by atoms with Crippen molar-refractivity contribution in [3.8, 4) is 0 Å². The van der Waals surface area contributed by atoms with E-state index in [1.807, 2.05) is 0 Å². The molecule has 5 nitrogen and oxygen atoms in total. The molecule has 23 heavy (non-hydrogen) atoms. The third-order valence-corrected chi connectivity index (χ3v) is 3.87. The normalized spacial score (nSPS) is 27.5. The molecule has 1 unspecified atom stereocenters. The topological polar surface area (TPSA) is 64.6 Å². The van der Waals surface area contributed by atoms with Gasteiger partial charge in [0, 0.05) is 5.56 Å². The van der Waals surface area contributed by atoms with Crippen LogP contribution in [0.25, 0.3) is 0 Å². The third-order valence-electron chi connectivity index (χ3n) is 3.87. The van der Waals surface area contributed by atoms with Crippen molar-refractivity contribution < 1.29 is 23.5 Å². The summed E-state index contributed by atoms with van der Waals surface area (Å²) in [5, 5.41) is 2.68. The lowest BCUT2D eigenvalue weighted by Gasteiger charge is -2.34. The van der Waals surface area contributed by atoms with Crippen molar-refractivity contribution >= 4 is 12.4 Å². The summed E-state index contributed by atoms with van der Waals surface area (Å²) in [5.41, 5.74) is -1.77. The highest BCUT2D eigenvalue weighted by molar-refractivity contribution is 5.72. The van der Waals surface area contributed by atoms with Gasteiger partial charge < -0.3 is 19.6 Å². The van der Waals surface area contributed by atoms with Crippen LogP contribution < -0.4 is 5.32 Å². The van der Waals surface area contributed by atoms with Crippen LogP contribution in [-0.4, -0.2) is 30.7 Å². The standard InChI is InChI=1S/C17H22FNO4/c1-11-13(9-20)17(10-22-11,12-7-5-6-8-14(12)18)19-15(21)23-16(2,3)4/h5-9,11,13H,10H2,1-4H3,(H,19,21)/t11-,13-,17?/m1/s1. The summed E-state index contributed by atoms with van der Waals surface area (Å²) in [6.07, 6.45) is -0.464. The van der Waals surface area contributed by atoms with Gasteiger partial charge in [-0.2, -0.15) is 0 Å². The number of benzene rings is 1. The molecular weight excluding hydrogens is 301 g/mol. The van der Waals surface area contributed by atoms with Gasteiger partial charge in [-0.1, -0.05) is 18.2 Å². The number of rotatable bonds is 3. The SMILES string of the molecule is C[C@H]1OCC(NC(=O)OC(C)(C)C)(c2ccccc2F)[C@@H]1C=O. The largest absolute Gasteiger partial charge is 0.444 e. The van der Waals surface area contributed by atoms with E-state index in [0.29, 0.717) is 6.29 Å². The lowest BCUT2D eigenvalue weighted by molar-refractivity contribution is -0.113. The average Bonchev–Trinajstić information content (AvgIpc) is 2.74. The van der Waals surface area contributed by atoms with Crippen LogP contribution in [0, 0.1) is 11.7 Å². The van der Waals surface area contributed by atoms with Crippen molar-refractivity contribution in [1.29, 1.82) is 0 Å². The minimum Gasteiger partial charge on any atom is -0.444 e. The Balaban J connectivity index is 2.43. The summed E-state index contributed by atoms with van der Waals surface area (Å²) in [5.74, 6) is -1.22. The predicted molar refractivity (Wildman–Crippen MR) is 82.4 cm³/mol. The molecule has 1 heterocycles. The number of hydrogen-bond acceptors (Lipinski definition) is 4. The van der Waals surface area contributed by atoms with E-state index in [-0.39, 0.29) is 12.2 Å². The van der Waals surface area contributed by atoms with Crippen LogP contribution in [0.3, 0.4) is 0 Å². The number of amides is 1. The van der Waals surface area contributed by atoms with Crippen LogP contribution in [0.1, 0.15) is 33.3 Å². The maximum atomic E-state index is 14.3. The van der Waals surface area contributed by atoms with Crippen molar-refractivity contribution in [2.24, 2.45) is 5.92 Å². The number of aldehydes is 1. The summed E-state index contributed by atoms with van der Waals surface area (Å²) in [7, 11) is 0. The molecule has 3 atom stereocenters. The molecule has 0 aliphatic carbocycles. The number of ether oxygens (including phenoxy) is 2. The molecule has 1 aliphatic rings. The van der Waals surface area contributed by atoms with Crippen molar-refractivity contribution in [2.75, 3.05) is 6.61 Å². The molecule has 1 fully saturated rings. The first kappa shape index (κ1) is 17.4. The maximum Gasteiger partial charge on any atom is 0.408 e. The molecule has 1 saturated heterocycles. The fraction of sp³-hybridized carbons (Fsp3) is 0.529. The van der Waals surface area contributed by atoms with Gasteiger partial charge in [-0.15, -0.1) is 0 Å². The summed E-state index contributed by atoms with van der Waals surface area (Å²) in [4.78, 5) is 23.8. The molecular formula is C17H22FNO4. The third kappa shape index (κ3) is 3.52. The summed E-state index contributed by atoms with van der Waals surface area (Å²) in [6.45, 7) is 6.91. The number of alkyl carbamates (subject to hydrolysis) is 1.